The first-order valence-corrected chi connectivity index (χ1v) is 10.0. The van der Waals surface area contributed by atoms with E-state index in [0.717, 1.165) is 49.5 Å². The lowest BCUT2D eigenvalue weighted by atomic mass is 10.1. The van der Waals surface area contributed by atoms with Crippen LogP contribution in [0.3, 0.4) is 0 Å². The van der Waals surface area contributed by atoms with Crippen molar-refractivity contribution in [2.75, 3.05) is 33.2 Å². The van der Waals surface area contributed by atoms with Gasteiger partial charge in [0.1, 0.15) is 0 Å². The number of hydrogen-bond donors (Lipinski definition) is 2. The first kappa shape index (κ1) is 19.4. The number of rotatable bonds is 6. The third kappa shape index (κ3) is 4.91. The molecule has 150 valence electrons. The second kappa shape index (κ2) is 9.03. The lowest BCUT2D eigenvalue weighted by Crippen LogP contribution is -2.43. The molecule has 0 saturated carbocycles. The highest BCUT2D eigenvalue weighted by Gasteiger charge is 2.14. The maximum Gasteiger partial charge on any atom is 0.251 e. The van der Waals surface area contributed by atoms with E-state index in [1.807, 2.05) is 42.5 Å². The topological polar surface area (TPSA) is 64.3 Å². The van der Waals surface area contributed by atoms with Gasteiger partial charge in [-0.25, -0.2) is 0 Å². The largest absolute Gasteiger partial charge is 0.348 e. The SMILES string of the molecule is CN1CCN(Cc2ccc(C(=O)NCc3cn[nH]c3-c3ccccc3)cc2)CC1. The van der Waals surface area contributed by atoms with Gasteiger partial charge in [0.2, 0.25) is 0 Å². The molecule has 1 saturated heterocycles. The molecule has 0 bridgehead atoms. The fraction of sp³-hybridized carbons (Fsp3) is 0.304. The van der Waals surface area contributed by atoms with E-state index in [-0.39, 0.29) is 5.91 Å². The Kier molecular flexibility index (Phi) is 6.03. The Bertz CT molecular complexity index is 927. The Labute approximate surface area is 171 Å². The van der Waals surface area contributed by atoms with Crippen molar-refractivity contribution in [3.8, 4) is 11.3 Å². The van der Waals surface area contributed by atoms with Crippen molar-refractivity contribution in [1.82, 2.24) is 25.3 Å². The smallest absolute Gasteiger partial charge is 0.251 e. The summed E-state index contributed by atoms with van der Waals surface area (Å²) in [7, 11) is 2.16. The van der Waals surface area contributed by atoms with E-state index in [9.17, 15) is 4.79 Å². The van der Waals surface area contributed by atoms with E-state index in [2.05, 4.69) is 44.5 Å². The van der Waals surface area contributed by atoms with Crippen LogP contribution in [0.1, 0.15) is 21.5 Å². The third-order valence-corrected chi connectivity index (χ3v) is 5.44. The number of carbonyl (C=O) groups excluding carboxylic acids is 1. The van der Waals surface area contributed by atoms with Crippen LogP contribution in [0, 0.1) is 0 Å². The molecule has 0 spiro atoms. The molecule has 1 fully saturated rings. The highest BCUT2D eigenvalue weighted by molar-refractivity contribution is 5.94. The summed E-state index contributed by atoms with van der Waals surface area (Å²) in [4.78, 5) is 17.4. The standard InChI is InChI=1S/C23H27N5O/c1-27-11-13-28(14-12-27)17-18-7-9-20(10-8-18)23(29)24-15-21-16-25-26-22(21)19-5-3-2-4-6-19/h2-10,16H,11-15,17H2,1H3,(H,24,29)(H,25,26). The predicted molar refractivity (Wildman–Crippen MR) is 114 cm³/mol. The number of piperazine rings is 1. The molecule has 6 nitrogen and oxygen atoms in total. The number of aromatic nitrogens is 2. The van der Waals surface area contributed by atoms with E-state index in [0.29, 0.717) is 12.1 Å². The average molecular weight is 390 g/mol. The molecule has 29 heavy (non-hydrogen) atoms. The van der Waals surface area contributed by atoms with Crippen LogP contribution in [-0.2, 0) is 13.1 Å². The van der Waals surface area contributed by atoms with Crippen LogP contribution < -0.4 is 5.32 Å². The molecule has 4 rings (SSSR count). The number of likely N-dealkylation sites (N-methyl/N-ethyl adjacent to an activating group) is 1. The highest BCUT2D eigenvalue weighted by Crippen LogP contribution is 2.20. The van der Waals surface area contributed by atoms with Crippen molar-refractivity contribution in [1.29, 1.82) is 0 Å². The van der Waals surface area contributed by atoms with Gasteiger partial charge in [-0.3, -0.25) is 14.8 Å². The minimum Gasteiger partial charge on any atom is -0.348 e. The Morgan fingerprint density at radius 3 is 2.48 bits per heavy atom. The molecule has 0 radical (unpaired) electrons. The van der Waals surface area contributed by atoms with Gasteiger partial charge in [-0.1, -0.05) is 42.5 Å². The molecule has 2 heterocycles. The number of amides is 1. The van der Waals surface area contributed by atoms with Crippen molar-refractivity contribution in [2.45, 2.75) is 13.1 Å². The maximum absolute atomic E-state index is 12.6. The van der Waals surface area contributed by atoms with Gasteiger partial charge >= 0.3 is 0 Å². The number of hydrogen-bond acceptors (Lipinski definition) is 4. The number of nitrogens with zero attached hydrogens (tertiary/aromatic N) is 3. The zero-order chi connectivity index (χ0) is 20.1. The molecule has 1 amide bonds. The van der Waals surface area contributed by atoms with Crippen molar-refractivity contribution >= 4 is 5.91 Å². The molecule has 3 aromatic rings. The van der Waals surface area contributed by atoms with Gasteiger partial charge in [0.15, 0.2) is 0 Å². The van der Waals surface area contributed by atoms with Crippen molar-refractivity contribution in [3.05, 3.63) is 77.5 Å². The summed E-state index contributed by atoms with van der Waals surface area (Å²) >= 11 is 0. The van der Waals surface area contributed by atoms with Crippen LogP contribution in [0.4, 0.5) is 0 Å². The monoisotopic (exact) mass is 389 g/mol. The van der Waals surface area contributed by atoms with Crippen molar-refractivity contribution in [2.24, 2.45) is 0 Å². The number of H-pyrrole nitrogens is 1. The van der Waals surface area contributed by atoms with Gasteiger partial charge in [0, 0.05) is 50.4 Å². The van der Waals surface area contributed by atoms with Crippen LogP contribution in [-0.4, -0.2) is 59.1 Å². The summed E-state index contributed by atoms with van der Waals surface area (Å²) in [5.74, 6) is -0.0728. The molecule has 2 aromatic carbocycles. The first-order chi connectivity index (χ1) is 14.2. The lowest BCUT2D eigenvalue weighted by Gasteiger charge is -2.32. The van der Waals surface area contributed by atoms with Crippen LogP contribution in [0.15, 0.2) is 60.8 Å². The Balaban J connectivity index is 1.33. The van der Waals surface area contributed by atoms with E-state index in [4.69, 9.17) is 0 Å². The summed E-state index contributed by atoms with van der Waals surface area (Å²) in [5.41, 5.74) is 4.89. The Hall–Kier alpha value is -2.96. The summed E-state index contributed by atoms with van der Waals surface area (Å²) in [6, 6.07) is 17.9. The van der Waals surface area contributed by atoms with Gasteiger partial charge in [0.25, 0.3) is 5.91 Å². The molecule has 2 N–H and O–H groups in total. The molecule has 1 aromatic heterocycles. The van der Waals surface area contributed by atoms with Gasteiger partial charge in [-0.2, -0.15) is 5.10 Å². The van der Waals surface area contributed by atoms with Crippen LogP contribution in [0.25, 0.3) is 11.3 Å². The van der Waals surface area contributed by atoms with Crippen LogP contribution in [0.5, 0.6) is 0 Å². The number of aromatic amines is 1. The van der Waals surface area contributed by atoms with Crippen LogP contribution >= 0.6 is 0 Å². The molecular weight excluding hydrogens is 362 g/mol. The van der Waals surface area contributed by atoms with Gasteiger partial charge in [-0.15, -0.1) is 0 Å². The Morgan fingerprint density at radius 2 is 1.76 bits per heavy atom. The van der Waals surface area contributed by atoms with E-state index in [1.165, 1.54) is 5.56 Å². The zero-order valence-corrected chi connectivity index (χ0v) is 16.8. The second-order valence-electron chi connectivity index (χ2n) is 7.60. The molecule has 0 aliphatic carbocycles. The number of carbonyl (C=O) groups is 1. The maximum atomic E-state index is 12.6. The van der Waals surface area contributed by atoms with Crippen molar-refractivity contribution < 1.29 is 4.79 Å². The lowest BCUT2D eigenvalue weighted by molar-refractivity contribution is 0.0951. The highest BCUT2D eigenvalue weighted by atomic mass is 16.1. The molecular formula is C23H27N5O. The van der Waals surface area contributed by atoms with Gasteiger partial charge in [0.05, 0.1) is 11.9 Å². The number of nitrogens with one attached hydrogen (secondary N) is 2. The molecule has 0 unspecified atom stereocenters. The van der Waals surface area contributed by atoms with Gasteiger partial charge in [-0.05, 0) is 30.3 Å². The van der Waals surface area contributed by atoms with E-state index >= 15 is 0 Å². The molecule has 1 aliphatic rings. The normalized spacial score (nSPS) is 15.3. The molecule has 1 aliphatic heterocycles. The van der Waals surface area contributed by atoms with Crippen LogP contribution in [0.2, 0.25) is 0 Å². The minimum absolute atomic E-state index is 0.0728. The number of benzene rings is 2. The summed E-state index contributed by atoms with van der Waals surface area (Å²) in [5, 5.41) is 10.2. The Morgan fingerprint density at radius 1 is 1.03 bits per heavy atom. The summed E-state index contributed by atoms with van der Waals surface area (Å²) < 4.78 is 0. The molecule has 6 heteroatoms. The predicted octanol–water partition coefficient (Wildman–Crippen LogP) is 2.75. The second-order valence-corrected chi connectivity index (χ2v) is 7.60. The minimum atomic E-state index is -0.0728. The third-order valence-electron chi connectivity index (χ3n) is 5.44. The summed E-state index contributed by atoms with van der Waals surface area (Å²) in [6.45, 7) is 5.77. The average Bonchev–Trinajstić information content (AvgIpc) is 3.23. The fourth-order valence-electron chi connectivity index (χ4n) is 3.60. The summed E-state index contributed by atoms with van der Waals surface area (Å²) in [6.07, 6.45) is 1.77. The van der Waals surface area contributed by atoms with Crippen molar-refractivity contribution in [3.63, 3.8) is 0 Å². The quantitative estimate of drug-likeness (QED) is 0.680. The van der Waals surface area contributed by atoms with E-state index in [1.54, 1.807) is 6.20 Å². The van der Waals surface area contributed by atoms with E-state index < -0.39 is 0 Å². The molecule has 0 atom stereocenters. The zero-order valence-electron chi connectivity index (χ0n) is 16.8. The first-order valence-electron chi connectivity index (χ1n) is 10.0. The van der Waals surface area contributed by atoms with Gasteiger partial charge < -0.3 is 10.2 Å². The fourth-order valence-corrected chi connectivity index (χ4v) is 3.60.